The first-order valence-corrected chi connectivity index (χ1v) is 12.7. The number of aliphatic hydroxyl groups excluding tert-OH is 1. The van der Waals surface area contributed by atoms with Gasteiger partial charge in [0.2, 0.25) is 0 Å². The molecule has 3 nitrogen and oxygen atoms in total. The number of aromatic nitrogens is 1. The third-order valence-electron chi connectivity index (χ3n) is 8.83. The minimum Gasteiger partial charge on any atom is -0.396 e. The van der Waals surface area contributed by atoms with Crippen molar-refractivity contribution in [3.05, 3.63) is 65.4 Å². The van der Waals surface area contributed by atoms with Gasteiger partial charge in [-0.15, -0.1) is 0 Å². The maximum Gasteiger partial charge on any atom is 0.0988 e. The topological polar surface area (TPSA) is 34.4 Å². The van der Waals surface area contributed by atoms with E-state index in [0.717, 1.165) is 18.8 Å². The van der Waals surface area contributed by atoms with Gasteiger partial charge in [0.1, 0.15) is 0 Å². The summed E-state index contributed by atoms with van der Waals surface area (Å²) in [5.74, 6) is 2.24. The Hall–Kier alpha value is -2.10. The number of aliphatic hydroxyl groups is 1. The Morgan fingerprint density at radius 2 is 1.84 bits per heavy atom. The molecule has 1 aliphatic heterocycles. The van der Waals surface area contributed by atoms with Crippen LogP contribution < -0.4 is 0 Å². The molecule has 0 amide bonds. The number of ether oxygens (including phenoxy) is 1. The van der Waals surface area contributed by atoms with Crippen molar-refractivity contribution in [1.29, 1.82) is 0 Å². The molecule has 0 bridgehead atoms. The first-order chi connectivity index (χ1) is 15.8. The van der Waals surface area contributed by atoms with Gasteiger partial charge in [-0.05, 0) is 67.1 Å². The van der Waals surface area contributed by atoms with Crippen LogP contribution >= 0.6 is 0 Å². The largest absolute Gasteiger partial charge is 0.396 e. The zero-order valence-electron chi connectivity index (χ0n) is 19.2. The lowest BCUT2D eigenvalue weighted by atomic mass is 9.64. The molecule has 0 unspecified atom stereocenters. The second-order valence-corrected chi connectivity index (χ2v) is 10.5. The van der Waals surface area contributed by atoms with Gasteiger partial charge < -0.3 is 14.4 Å². The zero-order chi connectivity index (χ0) is 21.7. The van der Waals surface area contributed by atoms with Crippen molar-refractivity contribution in [2.75, 3.05) is 6.61 Å². The van der Waals surface area contributed by atoms with Crippen LogP contribution in [0.15, 0.2) is 48.5 Å². The fourth-order valence-electron chi connectivity index (χ4n) is 7.16. The van der Waals surface area contributed by atoms with Crippen LogP contribution in [0.25, 0.3) is 16.6 Å². The Bertz CT molecular complexity index is 1120. The van der Waals surface area contributed by atoms with Crippen molar-refractivity contribution in [1.82, 2.24) is 4.57 Å². The third kappa shape index (κ3) is 3.24. The number of para-hydroxylation sites is 2. The van der Waals surface area contributed by atoms with E-state index in [2.05, 4.69) is 60.0 Å². The molecule has 32 heavy (non-hydrogen) atoms. The number of nitrogens with zero attached hydrogens (tertiary/aromatic N) is 1. The summed E-state index contributed by atoms with van der Waals surface area (Å²) in [4.78, 5) is 0. The van der Waals surface area contributed by atoms with E-state index >= 15 is 0 Å². The summed E-state index contributed by atoms with van der Waals surface area (Å²) in [7, 11) is 0. The zero-order valence-corrected chi connectivity index (χ0v) is 19.2. The molecule has 1 aromatic heterocycles. The molecule has 0 radical (unpaired) electrons. The molecule has 6 rings (SSSR count). The van der Waals surface area contributed by atoms with Crippen molar-refractivity contribution in [2.45, 2.75) is 64.6 Å². The SMILES string of the molecule is C[C@H]1CC[C@H]2CCCCc3c4n(c5ccccc35)-c3ccccc3CO[C@@H]4C[C@@H]2[C@H]1CO. The van der Waals surface area contributed by atoms with Crippen molar-refractivity contribution < 1.29 is 9.84 Å². The van der Waals surface area contributed by atoms with E-state index in [-0.39, 0.29) is 6.10 Å². The van der Waals surface area contributed by atoms with E-state index < -0.39 is 0 Å². The highest BCUT2D eigenvalue weighted by Crippen LogP contribution is 2.49. The number of fused-ring (bicyclic) bond motifs is 6. The number of hydrogen-bond donors (Lipinski definition) is 1. The van der Waals surface area contributed by atoms with Crippen molar-refractivity contribution in [3.63, 3.8) is 0 Å². The number of benzene rings is 2. The molecule has 0 saturated heterocycles. The highest BCUT2D eigenvalue weighted by molar-refractivity contribution is 5.88. The predicted molar refractivity (Wildman–Crippen MR) is 129 cm³/mol. The highest BCUT2D eigenvalue weighted by atomic mass is 16.5. The third-order valence-corrected chi connectivity index (χ3v) is 8.83. The molecule has 2 aromatic carbocycles. The normalized spacial score (nSPS) is 30.1. The van der Waals surface area contributed by atoms with Crippen LogP contribution in [-0.4, -0.2) is 16.3 Å². The van der Waals surface area contributed by atoms with Gasteiger partial charge in [0.25, 0.3) is 0 Å². The fourth-order valence-corrected chi connectivity index (χ4v) is 7.16. The molecule has 1 fully saturated rings. The minimum absolute atomic E-state index is 0.0785. The molecule has 0 spiro atoms. The Morgan fingerprint density at radius 1 is 1.00 bits per heavy atom. The summed E-state index contributed by atoms with van der Waals surface area (Å²) in [5, 5.41) is 11.8. The van der Waals surface area contributed by atoms with Crippen molar-refractivity contribution >= 4 is 10.9 Å². The Morgan fingerprint density at radius 3 is 2.75 bits per heavy atom. The molecule has 168 valence electrons. The van der Waals surface area contributed by atoms with Crippen molar-refractivity contribution in [2.24, 2.45) is 23.7 Å². The first-order valence-electron chi connectivity index (χ1n) is 12.7. The summed E-state index contributed by atoms with van der Waals surface area (Å²) in [6.07, 6.45) is 8.62. The highest BCUT2D eigenvalue weighted by Gasteiger charge is 2.40. The van der Waals surface area contributed by atoms with Crippen LogP contribution in [0.1, 0.15) is 68.4 Å². The lowest BCUT2D eigenvalue weighted by Crippen LogP contribution is -2.37. The summed E-state index contributed by atoms with van der Waals surface area (Å²) in [5.41, 5.74) is 6.73. The van der Waals surface area contributed by atoms with E-state index in [4.69, 9.17) is 4.74 Å². The predicted octanol–water partition coefficient (Wildman–Crippen LogP) is 6.59. The molecule has 5 atom stereocenters. The standard InChI is InChI=1S/C29H35NO2/c1-19-14-15-20-8-2-4-11-23-22-10-5-7-13-27(22)30-26-12-6-3-9-21(26)18-32-28(29(23)30)16-24(20)25(19)17-31/h3,5-7,9-10,12-13,19-20,24-25,28,31H,2,4,8,11,14-18H2,1H3/t19-,20+,24-,25-,28+/m0/s1. The van der Waals surface area contributed by atoms with Gasteiger partial charge in [0.05, 0.1) is 29.6 Å². The first kappa shape index (κ1) is 20.5. The van der Waals surface area contributed by atoms with Crippen molar-refractivity contribution in [3.8, 4) is 5.69 Å². The molecule has 1 N–H and O–H groups in total. The van der Waals surface area contributed by atoms with Gasteiger partial charge in [-0.3, -0.25) is 0 Å². The van der Waals surface area contributed by atoms with Crippen LogP contribution in [0.3, 0.4) is 0 Å². The van der Waals surface area contributed by atoms with Crippen LogP contribution in [0, 0.1) is 23.7 Å². The van der Waals surface area contributed by atoms with Gasteiger partial charge in [0, 0.05) is 17.6 Å². The van der Waals surface area contributed by atoms with Crippen LogP contribution in [-0.2, 0) is 17.8 Å². The maximum absolute atomic E-state index is 10.4. The molecule has 2 heterocycles. The summed E-state index contributed by atoms with van der Waals surface area (Å²) < 4.78 is 9.30. The number of rotatable bonds is 1. The molecule has 2 aliphatic carbocycles. The monoisotopic (exact) mass is 429 g/mol. The molecule has 3 aromatic rings. The van der Waals surface area contributed by atoms with E-state index in [1.165, 1.54) is 65.5 Å². The lowest BCUT2D eigenvalue weighted by molar-refractivity contribution is -0.0273. The van der Waals surface area contributed by atoms with Gasteiger partial charge in [0.15, 0.2) is 0 Å². The molecule has 1 saturated carbocycles. The van der Waals surface area contributed by atoms with E-state index in [9.17, 15) is 5.11 Å². The lowest BCUT2D eigenvalue weighted by Gasteiger charge is -2.43. The number of aryl methyl sites for hydroxylation is 1. The van der Waals surface area contributed by atoms with E-state index in [0.29, 0.717) is 31.0 Å². The van der Waals surface area contributed by atoms with Crippen LogP contribution in [0.5, 0.6) is 0 Å². The van der Waals surface area contributed by atoms with Gasteiger partial charge >= 0.3 is 0 Å². The number of hydrogen-bond acceptors (Lipinski definition) is 2. The van der Waals surface area contributed by atoms with Gasteiger partial charge in [-0.2, -0.15) is 0 Å². The fraction of sp³-hybridized carbons (Fsp3) is 0.517. The summed E-state index contributed by atoms with van der Waals surface area (Å²) >= 11 is 0. The Balaban J connectivity index is 1.55. The average molecular weight is 430 g/mol. The van der Waals surface area contributed by atoms with Crippen LogP contribution in [0.2, 0.25) is 0 Å². The van der Waals surface area contributed by atoms with Gasteiger partial charge in [-0.25, -0.2) is 0 Å². The average Bonchev–Trinajstić information content (AvgIpc) is 3.05. The maximum atomic E-state index is 10.4. The quantitative estimate of drug-likeness (QED) is 0.473. The molecular weight excluding hydrogens is 394 g/mol. The molecular formula is C29H35NO2. The summed E-state index contributed by atoms with van der Waals surface area (Å²) in [6.45, 7) is 3.32. The Kier molecular flexibility index (Phi) is 5.35. The summed E-state index contributed by atoms with van der Waals surface area (Å²) in [6, 6.07) is 17.7. The smallest absolute Gasteiger partial charge is 0.0988 e. The molecule has 3 aliphatic rings. The second-order valence-electron chi connectivity index (χ2n) is 10.5. The molecule has 3 heteroatoms. The Labute approximate surface area is 191 Å². The minimum atomic E-state index is 0.0785. The van der Waals surface area contributed by atoms with Crippen LogP contribution in [0.4, 0.5) is 0 Å². The van der Waals surface area contributed by atoms with E-state index in [1.807, 2.05) is 0 Å². The van der Waals surface area contributed by atoms with E-state index in [1.54, 1.807) is 0 Å². The second kappa shape index (κ2) is 8.35. The van der Waals surface area contributed by atoms with Gasteiger partial charge in [-0.1, -0.05) is 62.6 Å².